The minimum absolute atomic E-state index is 0.134. The number of carbonyl (C=O) groups excluding carboxylic acids is 1. The molecule has 0 aromatic carbocycles. The third kappa shape index (κ3) is 2.60. The van der Waals surface area contributed by atoms with Crippen molar-refractivity contribution >= 4 is 16.8 Å². The van der Waals surface area contributed by atoms with Crippen LogP contribution in [0.2, 0.25) is 0 Å². The predicted octanol–water partition coefficient (Wildman–Crippen LogP) is 1.47. The van der Waals surface area contributed by atoms with E-state index in [1.165, 1.54) is 10.9 Å². The molecule has 0 unspecified atom stereocenters. The van der Waals surface area contributed by atoms with Crippen LogP contribution in [-0.2, 0) is 24.8 Å². The number of carbonyl (C=O) groups is 1. The van der Waals surface area contributed by atoms with E-state index in [1.54, 1.807) is 10.9 Å². The second kappa shape index (κ2) is 5.53. The molecular formula is C17H19N5O. The van der Waals surface area contributed by atoms with Gasteiger partial charge in [-0.25, -0.2) is 0 Å². The molecule has 3 aromatic heterocycles. The normalized spacial score (nSPS) is 15.1. The van der Waals surface area contributed by atoms with Crippen molar-refractivity contribution in [2.75, 3.05) is 13.1 Å². The lowest BCUT2D eigenvalue weighted by Gasteiger charge is -2.39. The Labute approximate surface area is 134 Å². The molecule has 1 fully saturated rings. The summed E-state index contributed by atoms with van der Waals surface area (Å²) < 4.78 is 3.79. The van der Waals surface area contributed by atoms with Crippen LogP contribution in [-0.4, -0.2) is 43.2 Å². The number of pyridine rings is 1. The van der Waals surface area contributed by atoms with E-state index in [9.17, 15) is 4.79 Å². The van der Waals surface area contributed by atoms with Crippen LogP contribution < -0.4 is 0 Å². The molecule has 1 amide bonds. The Morgan fingerprint density at radius 3 is 2.91 bits per heavy atom. The highest BCUT2D eigenvalue weighted by Gasteiger charge is 2.31. The van der Waals surface area contributed by atoms with Gasteiger partial charge in [-0.05, 0) is 30.5 Å². The largest absolute Gasteiger partial charge is 0.349 e. The van der Waals surface area contributed by atoms with Crippen LogP contribution in [0, 0.1) is 5.92 Å². The van der Waals surface area contributed by atoms with E-state index >= 15 is 0 Å². The Hall–Kier alpha value is -2.63. The molecule has 6 heteroatoms. The lowest BCUT2D eigenvalue weighted by Crippen LogP contribution is -2.51. The van der Waals surface area contributed by atoms with Crippen molar-refractivity contribution < 1.29 is 4.79 Å². The number of likely N-dealkylation sites (tertiary alicyclic amines) is 1. The zero-order valence-corrected chi connectivity index (χ0v) is 13.1. The molecule has 118 valence electrons. The maximum absolute atomic E-state index is 12.2. The van der Waals surface area contributed by atoms with Gasteiger partial charge < -0.3 is 9.47 Å². The third-order valence-electron chi connectivity index (χ3n) is 4.51. The van der Waals surface area contributed by atoms with Gasteiger partial charge in [-0.1, -0.05) is 0 Å². The summed E-state index contributed by atoms with van der Waals surface area (Å²) in [5.41, 5.74) is 2.33. The molecule has 1 aliphatic rings. The van der Waals surface area contributed by atoms with Gasteiger partial charge in [0.25, 0.3) is 0 Å². The third-order valence-corrected chi connectivity index (χ3v) is 4.51. The molecule has 4 heterocycles. The van der Waals surface area contributed by atoms with Gasteiger partial charge in [0.2, 0.25) is 5.91 Å². The first-order valence-electron chi connectivity index (χ1n) is 7.85. The quantitative estimate of drug-likeness (QED) is 0.733. The van der Waals surface area contributed by atoms with Crippen molar-refractivity contribution in [3.63, 3.8) is 0 Å². The standard InChI is InChI=1S/C17H19N5O/c1-20-8-4-14-3-6-18-15(17(14)20)9-13-10-21(11-13)16(23)12-22-7-2-5-19-22/h2-8,13H,9-12H2,1H3. The number of nitrogens with zero attached hydrogens (tertiary/aromatic N) is 5. The second-order valence-electron chi connectivity index (χ2n) is 6.19. The van der Waals surface area contributed by atoms with E-state index < -0.39 is 0 Å². The summed E-state index contributed by atoms with van der Waals surface area (Å²) in [7, 11) is 2.05. The van der Waals surface area contributed by atoms with Gasteiger partial charge in [0, 0.05) is 50.3 Å². The summed E-state index contributed by atoms with van der Waals surface area (Å²) in [6.07, 6.45) is 8.36. The number of hydrogen-bond donors (Lipinski definition) is 0. The SMILES string of the molecule is Cn1ccc2ccnc(CC3CN(C(=O)Cn4cccn4)C3)c21. The van der Waals surface area contributed by atoms with Gasteiger partial charge >= 0.3 is 0 Å². The molecule has 0 saturated carbocycles. The molecule has 1 aliphatic heterocycles. The fourth-order valence-corrected chi connectivity index (χ4v) is 3.28. The molecule has 0 bridgehead atoms. The molecule has 0 atom stereocenters. The van der Waals surface area contributed by atoms with Gasteiger partial charge in [-0.3, -0.25) is 14.5 Å². The minimum atomic E-state index is 0.134. The molecular weight excluding hydrogens is 290 g/mol. The van der Waals surface area contributed by atoms with Crippen LogP contribution in [0.1, 0.15) is 5.69 Å². The number of rotatable bonds is 4. The van der Waals surface area contributed by atoms with E-state index in [0.717, 1.165) is 25.2 Å². The molecule has 3 aromatic rings. The molecule has 0 aliphatic carbocycles. The van der Waals surface area contributed by atoms with Crippen molar-refractivity contribution in [3.05, 3.63) is 48.7 Å². The van der Waals surface area contributed by atoms with Crippen molar-refractivity contribution in [1.82, 2.24) is 24.2 Å². The Kier molecular flexibility index (Phi) is 3.37. The van der Waals surface area contributed by atoms with Crippen LogP contribution in [0.4, 0.5) is 0 Å². The van der Waals surface area contributed by atoms with Crippen molar-refractivity contribution in [3.8, 4) is 0 Å². The van der Waals surface area contributed by atoms with Crippen LogP contribution >= 0.6 is 0 Å². The molecule has 0 radical (unpaired) electrons. The average Bonchev–Trinajstić information content (AvgIpc) is 3.13. The average molecular weight is 309 g/mol. The van der Waals surface area contributed by atoms with Gasteiger partial charge in [-0.15, -0.1) is 0 Å². The first-order chi connectivity index (χ1) is 11.2. The zero-order valence-electron chi connectivity index (χ0n) is 13.1. The summed E-state index contributed by atoms with van der Waals surface area (Å²) in [6.45, 7) is 1.94. The predicted molar refractivity (Wildman–Crippen MR) is 86.7 cm³/mol. The fraction of sp³-hybridized carbons (Fsp3) is 0.353. The number of amides is 1. The second-order valence-corrected chi connectivity index (χ2v) is 6.19. The molecule has 0 spiro atoms. The van der Waals surface area contributed by atoms with E-state index in [-0.39, 0.29) is 5.91 Å². The number of aryl methyl sites for hydroxylation is 1. The Morgan fingerprint density at radius 2 is 2.13 bits per heavy atom. The summed E-state index contributed by atoms with van der Waals surface area (Å²) >= 11 is 0. The molecule has 0 N–H and O–H groups in total. The Bertz CT molecular complexity index is 830. The minimum Gasteiger partial charge on any atom is -0.349 e. The van der Waals surface area contributed by atoms with Crippen molar-refractivity contribution in [2.24, 2.45) is 13.0 Å². The molecule has 23 heavy (non-hydrogen) atoms. The van der Waals surface area contributed by atoms with Gasteiger partial charge in [-0.2, -0.15) is 5.10 Å². The van der Waals surface area contributed by atoms with Crippen LogP contribution in [0.25, 0.3) is 10.9 Å². The lowest BCUT2D eigenvalue weighted by atomic mass is 9.93. The summed E-state index contributed by atoms with van der Waals surface area (Å²) in [5.74, 6) is 0.625. The Balaban J connectivity index is 1.38. The number of hydrogen-bond acceptors (Lipinski definition) is 3. The smallest absolute Gasteiger partial charge is 0.244 e. The lowest BCUT2D eigenvalue weighted by molar-refractivity contribution is -0.138. The maximum atomic E-state index is 12.2. The number of aromatic nitrogens is 4. The van der Waals surface area contributed by atoms with Crippen molar-refractivity contribution in [2.45, 2.75) is 13.0 Å². The summed E-state index contributed by atoms with van der Waals surface area (Å²) in [6, 6.07) is 5.99. The monoisotopic (exact) mass is 309 g/mol. The number of fused-ring (bicyclic) bond motifs is 1. The van der Waals surface area contributed by atoms with Gasteiger partial charge in [0.15, 0.2) is 0 Å². The van der Waals surface area contributed by atoms with Gasteiger partial charge in [0.1, 0.15) is 6.54 Å². The van der Waals surface area contributed by atoms with Crippen molar-refractivity contribution in [1.29, 1.82) is 0 Å². The Morgan fingerprint density at radius 1 is 1.26 bits per heavy atom. The maximum Gasteiger partial charge on any atom is 0.244 e. The van der Waals surface area contributed by atoms with Crippen LogP contribution in [0.3, 0.4) is 0 Å². The zero-order chi connectivity index (χ0) is 15.8. The van der Waals surface area contributed by atoms with E-state index in [0.29, 0.717) is 12.5 Å². The molecule has 6 nitrogen and oxygen atoms in total. The molecule has 1 saturated heterocycles. The summed E-state index contributed by atoms with van der Waals surface area (Å²) in [5, 5.41) is 5.30. The van der Waals surface area contributed by atoms with E-state index in [1.807, 2.05) is 36.5 Å². The van der Waals surface area contributed by atoms with E-state index in [4.69, 9.17) is 0 Å². The van der Waals surface area contributed by atoms with Crippen LogP contribution in [0.15, 0.2) is 43.0 Å². The topological polar surface area (TPSA) is 56.0 Å². The van der Waals surface area contributed by atoms with Crippen LogP contribution in [0.5, 0.6) is 0 Å². The first-order valence-corrected chi connectivity index (χ1v) is 7.85. The first kappa shape index (κ1) is 14.0. The fourth-order valence-electron chi connectivity index (χ4n) is 3.28. The van der Waals surface area contributed by atoms with Gasteiger partial charge in [0.05, 0.1) is 11.2 Å². The highest BCUT2D eigenvalue weighted by Crippen LogP contribution is 2.24. The highest BCUT2D eigenvalue weighted by molar-refractivity contribution is 5.82. The highest BCUT2D eigenvalue weighted by atomic mass is 16.2. The summed E-state index contributed by atoms with van der Waals surface area (Å²) in [4.78, 5) is 18.6. The molecule has 4 rings (SSSR count). The van der Waals surface area contributed by atoms with E-state index in [2.05, 4.69) is 26.9 Å².